The highest BCUT2D eigenvalue weighted by atomic mass is 32.2. The molecule has 1 saturated heterocycles. The molecule has 166 valence electrons. The van der Waals surface area contributed by atoms with Crippen LogP contribution in [0.15, 0.2) is 60.8 Å². The molecular weight excluding hydrogens is 450 g/mol. The van der Waals surface area contributed by atoms with Crippen molar-refractivity contribution in [2.45, 2.75) is 6.54 Å². The fraction of sp³-hybridized carbons (Fsp3) is 0.190. The third-order valence-electron chi connectivity index (χ3n) is 4.73. The Balaban J connectivity index is 1.44. The molecule has 0 saturated carbocycles. The van der Waals surface area contributed by atoms with Crippen molar-refractivity contribution in [3.8, 4) is 0 Å². The van der Waals surface area contributed by atoms with E-state index >= 15 is 0 Å². The molecule has 9 nitrogen and oxygen atoms in total. The number of para-hydroxylation sites is 2. The molecule has 0 aliphatic carbocycles. The first-order valence-electron chi connectivity index (χ1n) is 9.74. The van der Waals surface area contributed by atoms with E-state index in [9.17, 15) is 18.0 Å². The average Bonchev–Trinajstić information content (AvgIpc) is 3.37. The van der Waals surface area contributed by atoms with E-state index in [-0.39, 0.29) is 11.7 Å². The van der Waals surface area contributed by atoms with Crippen LogP contribution in [0.2, 0.25) is 0 Å². The van der Waals surface area contributed by atoms with Crippen molar-refractivity contribution in [3.63, 3.8) is 0 Å². The molecule has 32 heavy (non-hydrogen) atoms. The lowest BCUT2D eigenvalue weighted by Gasteiger charge is -2.16. The highest BCUT2D eigenvalue weighted by molar-refractivity contribution is 7.92. The predicted molar refractivity (Wildman–Crippen MR) is 125 cm³/mol. The molecule has 3 amide bonds. The Morgan fingerprint density at radius 2 is 1.75 bits per heavy atom. The summed E-state index contributed by atoms with van der Waals surface area (Å²) in [6.07, 6.45) is 2.45. The second-order valence-electron chi connectivity index (χ2n) is 7.22. The van der Waals surface area contributed by atoms with Crippen molar-refractivity contribution in [1.29, 1.82) is 0 Å². The van der Waals surface area contributed by atoms with E-state index in [4.69, 9.17) is 0 Å². The van der Waals surface area contributed by atoms with Gasteiger partial charge in [-0.05, 0) is 17.7 Å². The van der Waals surface area contributed by atoms with Gasteiger partial charge in [0, 0.05) is 19.6 Å². The van der Waals surface area contributed by atoms with Crippen molar-refractivity contribution in [2.75, 3.05) is 34.3 Å². The van der Waals surface area contributed by atoms with Gasteiger partial charge in [-0.3, -0.25) is 14.4 Å². The number of nitrogens with zero attached hydrogens (tertiary/aromatic N) is 3. The molecule has 2 aromatic carbocycles. The first-order valence-corrected chi connectivity index (χ1v) is 12.5. The summed E-state index contributed by atoms with van der Waals surface area (Å²) in [5.74, 6) is -0.440. The molecule has 3 aromatic rings. The van der Waals surface area contributed by atoms with Crippen LogP contribution in [-0.2, 0) is 16.6 Å². The van der Waals surface area contributed by atoms with Gasteiger partial charge in [0.2, 0.25) is 10.0 Å². The minimum Gasteiger partial charge on any atom is -0.319 e. The fourth-order valence-electron chi connectivity index (χ4n) is 3.27. The zero-order valence-corrected chi connectivity index (χ0v) is 18.8. The molecule has 0 unspecified atom stereocenters. The van der Waals surface area contributed by atoms with Crippen molar-refractivity contribution in [3.05, 3.63) is 71.2 Å². The van der Waals surface area contributed by atoms with Crippen LogP contribution in [-0.4, -0.2) is 49.6 Å². The SMILES string of the molecule is CS(=O)(=O)Nc1ccccc1NC(=O)c1cnc(N2CCN(Cc3ccccc3)C2=O)s1. The molecule has 0 radical (unpaired) electrons. The van der Waals surface area contributed by atoms with Gasteiger partial charge in [-0.1, -0.05) is 53.8 Å². The lowest BCUT2D eigenvalue weighted by Crippen LogP contribution is -2.31. The summed E-state index contributed by atoms with van der Waals surface area (Å²) >= 11 is 1.11. The summed E-state index contributed by atoms with van der Waals surface area (Å²) in [7, 11) is -3.50. The molecule has 1 fully saturated rings. The van der Waals surface area contributed by atoms with E-state index in [0.29, 0.717) is 35.3 Å². The molecule has 1 aliphatic rings. The summed E-state index contributed by atoms with van der Waals surface area (Å²) in [5.41, 5.74) is 1.63. The van der Waals surface area contributed by atoms with Crippen LogP contribution >= 0.6 is 11.3 Å². The van der Waals surface area contributed by atoms with E-state index < -0.39 is 15.9 Å². The number of hydrogen-bond donors (Lipinski definition) is 2. The zero-order chi connectivity index (χ0) is 22.7. The van der Waals surface area contributed by atoms with Gasteiger partial charge in [-0.15, -0.1) is 0 Å². The number of benzene rings is 2. The summed E-state index contributed by atoms with van der Waals surface area (Å²) in [5, 5.41) is 3.14. The van der Waals surface area contributed by atoms with Crippen molar-refractivity contribution in [1.82, 2.24) is 9.88 Å². The summed E-state index contributed by atoms with van der Waals surface area (Å²) < 4.78 is 25.5. The van der Waals surface area contributed by atoms with Crippen molar-refractivity contribution >= 4 is 49.8 Å². The normalized spacial score (nSPS) is 14.0. The lowest BCUT2D eigenvalue weighted by atomic mass is 10.2. The van der Waals surface area contributed by atoms with E-state index in [1.54, 1.807) is 34.1 Å². The van der Waals surface area contributed by atoms with Gasteiger partial charge in [-0.25, -0.2) is 18.2 Å². The van der Waals surface area contributed by atoms with Gasteiger partial charge in [0.15, 0.2) is 5.13 Å². The molecule has 0 atom stereocenters. The van der Waals surface area contributed by atoms with Crippen LogP contribution in [0.3, 0.4) is 0 Å². The largest absolute Gasteiger partial charge is 0.326 e. The Kier molecular flexibility index (Phi) is 6.10. The minimum absolute atomic E-state index is 0.155. The number of thiazole rings is 1. The van der Waals surface area contributed by atoms with Crippen LogP contribution in [0, 0.1) is 0 Å². The maximum absolute atomic E-state index is 12.8. The number of carbonyl (C=O) groups excluding carboxylic acids is 2. The van der Waals surface area contributed by atoms with Gasteiger partial charge in [-0.2, -0.15) is 0 Å². The molecule has 2 heterocycles. The zero-order valence-electron chi connectivity index (χ0n) is 17.2. The number of sulfonamides is 1. The Labute approximate surface area is 189 Å². The Morgan fingerprint density at radius 3 is 2.47 bits per heavy atom. The van der Waals surface area contributed by atoms with Crippen LogP contribution in [0.1, 0.15) is 15.2 Å². The monoisotopic (exact) mass is 471 g/mol. The number of aromatic nitrogens is 1. The number of urea groups is 1. The smallest absolute Gasteiger partial charge is 0.319 e. The van der Waals surface area contributed by atoms with Gasteiger partial charge in [0.1, 0.15) is 4.88 Å². The third kappa shape index (κ3) is 5.06. The maximum atomic E-state index is 12.8. The third-order valence-corrected chi connectivity index (χ3v) is 6.34. The molecular formula is C21H21N5O4S2. The Hall–Kier alpha value is -3.44. The van der Waals surface area contributed by atoms with Crippen LogP contribution in [0.5, 0.6) is 0 Å². The highest BCUT2D eigenvalue weighted by Gasteiger charge is 2.31. The number of hydrogen-bond acceptors (Lipinski definition) is 6. The second-order valence-corrected chi connectivity index (χ2v) is 9.98. The number of carbonyl (C=O) groups is 2. The van der Waals surface area contributed by atoms with Gasteiger partial charge < -0.3 is 10.2 Å². The molecule has 4 rings (SSSR count). The van der Waals surface area contributed by atoms with E-state index in [0.717, 1.165) is 23.2 Å². The van der Waals surface area contributed by atoms with Gasteiger partial charge >= 0.3 is 6.03 Å². The first kappa shape index (κ1) is 21.8. The quantitative estimate of drug-likeness (QED) is 0.550. The number of rotatable bonds is 7. The average molecular weight is 472 g/mol. The van der Waals surface area contributed by atoms with Crippen molar-refractivity contribution in [2.24, 2.45) is 0 Å². The molecule has 1 aromatic heterocycles. The molecule has 0 bridgehead atoms. The van der Waals surface area contributed by atoms with Gasteiger partial charge in [0.05, 0.1) is 23.8 Å². The van der Waals surface area contributed by atoms with E-state index in [1.165, 1.54) is 6.20 Å². The Bertz CT molecular complexity index is 1240. The van der Waals surface area contributed by atoms with E-state index in [2.05, 4.69) is 15.0 Å². The second kappa shape index (κ2) is 8.97. The minimum atomic E-state index is -3.50. The summed E-state index contributed by atoms with van der Waals surface area (Å²) in [6, 6.07) is 16.1. The maximum Gasteiger partial charge on any atom is 0.326 e. The van der Waals surface area contributed by atoms with E-state index in [1.807, 2.05) is 30.3 Å². The molecule has 1 aliphatic heterocycles. The van der Waals surface area contributed by atoms with Crippen LogP contribution in [0.4, 0.5) is 21.3 Å². The fourth-order valence-corrected chi connectivity index (χ4v) is 4.68. The van der Waals surface area contributed by atoms with Crippen molar-refractivity contribution < 1.29 is 18.0 Å². The topological polar surface area (TPSA) is 112 Å². The van der Waals surface area contributed by atoms with Gasteiger partial charge in [0.25, 0.3) is 5.91 Å². The molecule has 2 N–H and O–H groups in total. The number of nitrogens with one attached hydrogen (secondary N) is 2. The highest BCUT2D eigenvalue weighted by Crippen LogP contribution is 2.28. The van der Waals surface area contributed by atoms with Crippen LogP contribution in [0.25, 0.3) is 0 Å². The lowest BCUT2D eigenvalue weighted by molar-refractivity contribution is 0.103. The number of amides is 3. The summed E-state index contributed by atoms with van der Waals surface area (Å²) in [6.45, 7) is 1.57. The standard InChI is InChI=1S/C21H21N5O4S2/c1-32(29,30)24-17-10-6-5-9-16(17)23-19(27)18-13-22-20(31-18)26-12-11-25(21(26)28)14-15-7-3-2-4-8-15/h2-10,13,24H,11-12,14H2,1H3,(H,23,27). The summed E-state index contributed by atoms with van der Waals surface area (Å²) in [4.78, 5) is 33.4. The molecule has 0 spiro atoms. The molecule has 11 heteroatoms. The Morgan fingerprint density at radius 1 is 1.06 bits per heavy atom. The predicted octanol–water partition coefficient (Wildman–Crippen LogP) is 3.21. The first-order chi connectivity index (χ1) is 15.3. The van der Waals surface area contributed by atoms with Crippen LogP contribution < -0.4 is 14.9 Å². The number of anilines is 3.